The van der Waals surface area contributed by atoms with E-state index in [1.807, 2.05) is 73.7 Å². The number of hydrogen-bond donors (Lipinski definition) is 0. The van der Waals surface area contributed by atoms with E-state index in [9.17, 15) is 4.79 Å². The first-order valence-electron chi connectivity index (χ1n) is 12.2. The second kappa shape index (κ2) is 13.8. The van der Waals surface area contributed by atoms with Crippen molar-refractivity contribution in [3.8, 4) is 11.5 Å². The summed E-state index contributed by atoms with van der Waals surface area (Å²) in [6.07, 6.45) is 2.52. The third kappa shape index (κ3) is 7.41. The fraction of sp³-hybridized carbons (Fsp3) is 0.241. The van der Waals surface area contributed by atoms with Crippen molar-refractivity contribution in [1.29, 1.82) is 0 Å². The lowest BCUT2D eigenvalue weighted by Gasteiger charge is -2.15. The Morgan fingerprint density at radius 1 is 1.08 bits per heavy atom. The van der Waals surface area contributed by atoms with Crippen LogP contribution in [0.15, 0.2) is 81.1 Å². The SMILES string of the molecule is CCOc1cc(/C=C2\SC(=Nc3ccccc3)N(CCCOC)C2=O)cc(Cl)c1OCc1ccc(Br)cc1. The Kier molecular flexibility index (Phi) is 10.3. The molecule has 4 rings (SSSR count). The molecule has 9 heteroatoms. The molecule has 0 aromatic heterocycles. The second-order valence-electron chi connectivity index (χ2n) is 8.32. The number of hydrogen-bond acceptors (Lipinski definition) is 6. The minimum atomic E-state index is -0.106. The van der Waals surface area contributed by atoms with Gasteiger partial charge in [0.15, 0.2) is 16.7 Å². The van der Waals surface area contributed by atoms with Crippen molar-refractivity contribution in [3.05, 3.63) is 92.3 Å². The van der Waals surface area contributed by atoms with Gasteiger partial charge in [0.05, 0.1) is 22.2 Å². The van der Waals surface area contributed by atoms with Crippen LogP contribution in [0.1, 0.15) is 24.5 Å². The van der Waals surface area contributed by atoms with E-state index in [1.165, 1.54) is 11.8 Å². The standard InChI is InChI=1S/C29H28BrClN2O4S/c1-3-36-25-17-21(16-24(31)27(25)37-19-20-10-12-22(30)13-11-20)18-26-28(34)33(14-7-15-35-2)29(38-26)32-23-8-5-4-6-9-23/h4-6,8-13,16-18H,3,7,14-15,19H2,1-2H3/b26-18-,32-29?. The van der Waals surface area contributed by atoms with E-state index in [0.29, 0.717) is 59.4 Å². The molecule has 0 spiro atoms. The topological polar surface area (TPSA) is 60.4 Å². The molecule has 1 fully saturated rings. The number of nitrogens with zero attached hydrogens (tertiary/aromatic N) is 2. The van der Waals surface area contributed by atoms with Gasteiger partial charge >= 0.3 is 0 Å². The largest absolute Gasteiger partial charge is 0.490 e. The van der Waals surface area contributed by atoms with Crippen molar-refractivity contribution in [2.24, 2.45) is 4.99 Å². The summed E-state index contributed by atoms with van der Waals surface area (Å²) in [7, 11) is 1.65. The van der Waals surface area contributed by atoms with Crippen LogP contribution >= 0.6 is 39.3 Å². The van der Waals surface area contributed by atoms with Crippen LogP contribution in [-0.2, 0) is 16.1 Å². The summed E-state index contributed by atoms with van der Waals surface area (Å²) in [6, 6.07) is 21.1. The molecule has 1 aliphatic rings. The number of para-hydroxylation sites is 1. The second-order valence-corrected chi connectivity index (χ2v) is 10.7. The number of carbonyl (C=O) groups excluding carboxylic acids is 1. The van der Waals surface area contributed by atoms with Gasteiger partial charge in [0, 0.05) is 24.7 Å². The third-order valence-corrected chi connectivity index (χ3v) is 7.34. The van der Waals surface area contributed by atoms with Gasteiger partial charge in [-0.1, -0.05) is 57.9 Å². The maximum atomic E-state index is 13.4. The van der Waals surface area contributed by atoms with Crippen LogP contribution in [0.5, 0.6) is 11.5 Å². The molecule has 1 saturated heterocycles. The van der Waals surface area contributed by atoms with Gasteiger partial charge in [-0.05, 0) is 78.7 Å². The van der Waals surface area contributed by atoms with Crippen LogP contribution < -0.4 is 9.47 Å². The maximum Gasteiger partial charge on any atom is 0.266 e. The van der Waals surface area contributed by atoms with Crippen molar-refractivity contribution in [3.63, 3.8) is 0 Å². The van der Waals surface area contributed by atoms with Gasteiger partial charge in [-0.3, -0.25) is 9.69 Å². The number of carbonyl (C=O) groups is 1. The number of ether oxygens (including phenoxy) is 3. The Bertz CT molecular complexity index is 1320. The molecule has 198 valence electrons. The number of thioether (sulfide) groups is 1. The zero-order chi connectivity index (χ0) is 26.9. The number of aliphatic imine (C=N–C) groups is 1. The monoisotopic (exact) mass is 614 g/mol. The fourth-order valence-electron chi connectivity index (χ4n) is 3.73. The molecule has 0 radical (unpaired) electrons. The predicted molar refractivity (Wildman–Crippen MR) is 158 cm³/mol. The molecular formula is C29H28BrClN2O4S. The van der Waals surface area contributed by atoms with Crippen LogP contribution in [-0.4, -0.2) is 42.8 Å². The summed E-state index contributed by atoms with van der Waals surface area (Å²) >= 11 is 11.4. The van der Waals surface area contributed by atoms with Crippen molar-refractivity contribution >= 4 is 62.1 Å². The summed E-state index contributed by atoms with van der Waals surface area (Å²) in [5, 5.41) is 1.04. The minimum Gasteiger partial charge on any atom is -0.490 e. The molecule has 0 N–H and O–H groups in total. The zero-order valence-electron chi connectivity index (χ0n) is 21.2. The molecule has 0 atom stereocenters. The van der Waals surface area contributed by atoms with E-state index in [4.69, 9.17) is 30.8 Å². The highest BCUT2D eigenvalue weighted by atomic mass is 79.9. The lowest BCUT2D eigenvalue weighted by molar-refractivity contribution is -0.122. The zero-order valence-corrected chi connectivity index (χ0v) is 24.3. The molecule has 3 aromatic carbocycles. The van der Waals surface area contributed by atoms with Gasteiger partial charge in [0.25, 0.3) is 5.91 Å². The van der Waals surface area contributed by atoms with E-state index in [2.05, 4.69) is 15.9 Å². The molecule has 0 bridgehead atoms. The lowest BCUT2D eigenvalue weighted by atomic mass is 10.1. The summed E-state index contributed by atoms with van der Waals surface area (Å²) in [4.78, 5) is 20.4. The molecular weight excluding hydrogens is 588 g/mol. The van der Waals surface area contributed by atoms with Crippen molar-refractivity contribution in [2.45, 2.75) is 20.0 Å². The first-order chi connectivity index (χ1) is 18.5. The molecule has 1 aliphatic heterocycles. The van der Waals surface area contributed by atoms with Gasteiger partial charge in [-0.25, -0.2) is 4.99 Å². The first-order valence-corrected chi connectivity index (χ1v) is 14.1. The minimum absolute atomic E-state index is 0.106. The smallest absolute Gasteiger partial charge is 0.266 e. The average molecular weight is 616 g/mol. The number of halogens is 2. The number of methoxy groups -OCH3 is 1. The van der Waals surface area contributed by atoms with Crippen molar-refractivity contribution in [1.82, 2.24) is 4.90 Å². The van der Waals surface area contributed by atoms with E-state index < -0.39 is 0 Å². The van der Waals surface area contributed by atoms with Crippen molar-refractivity contribution in [2.75, 3.05) is 26.9 Å². The number of rotatable bonds is 11. The summed E-state index contributed by atoms with van der Waals surface area (Å²) in [6.45, 7) is 3.76. The van der Waals surface area contributed by atoms with Gasteiger partial charge in [-0.15, -0.1) is 0 Å². The molecule has 3 aromatic rings. The molecule has 0 saturated carbocycles. The molecule has 1 amide bonds. The highest BCUT2D eigenvalue weighted by molar-refractivity contribution is 9.10. The quantitative estimate of drug-likeness (QED) is 0.163. The van der Waals surface area contributed by atoms with Crippen LogP contribution in [0, 0.1) is 0 Å². The van der Waals surface area contributed by atoms with Gasteiger partial charge in [-0.2, -0.15) is 0 Å². The van der Waals surface area contributed by atoms with Gasteiger partial charge in [0.2, 0.25) is 0 Å². The van der Waals surface area contributed by atoms with E-state index >= 15 is 0 Å². The van der Waals surface area contributed by atoms with E-state index in [0.717, 1.165) is 21.3 Å². The van der Waals surface area contributed by atoms with E-state index in [-0.39, 0.29) is 5.91 Å². The molecule has 6 nitrogen and oxygen atoms in total. The lowest BCUT2D eigenvalue weighted by Crippen LogP contribution is -2.30. The summed E-state index contributed by atoms with van der Waals surface area (Å²) in [5.74, 6) is 0.886. The Balaban J connectivity index is 1.60. The Morgan fingerprint density at radius 2 is 1.84 bits per heavy atom. The Morgan fingerprint density at radius 3 is 2.55 bits per heavy atom. The molecule has 38 heavy (non-hydrogen) atoms. The molecule has 0 aliphatic carbocycles. The highest BCUT2D eigenvalue weighted by Gasteiger charge is 2.33. The third-order valence-electron chi connectivity index (χ3n) is 5.53. The van der Waals surface area contributed by atoms with Crippen LogP contribution in [0.4, 0.5) is 5.69 Å². The Labute approximate surface area is 240 Å². The molecule has 1 heterocycles. The Hall–Kier alpha value is -2.78. The van der Waals surface area contributed by atoms with Crippen LogP contribution in [0.2, 0.25) is 5.02 Å². The predicted octanol–water partition coefficient (Wildman–Crippen LogP) is 7.72. The number of amidine groups is 1. The highest BCUT2D eigenvalue weighted by Crippen LogP contribution is 2.40. The summed E-state index contributed by atoms with van der Waals surface area (Å²) < 4.78 is 18.1. The van der Waals surface area contributed by atoms with Crippen LogP contribution in [0.3, 0.4) is 0 Å². The van der Waals surface area contributed by atoms with Gasteiger partial charge in [0.1, 0.15) is 6.61 Å². The number of benzene rings is 3. The fourth-order valence-corrected chi connectivity index (χ4v) is 5.29. The normalized spacial score (nSPS) is 15.5. The first kappa shape index (κ1) is 28.2. The van der Waals surface area contributed by atoms with Gasteiger partial charge < -0.3 is 14.2 Å². The van der Waals surface area contributed by atoms with E-state index in [1.54, 1.807) is 18.1 Å². The summed E-state index contributed by atoms with van der Waals surface area (Å²) in [5.41, 5.74) is 2.53. The van der Waals surface area contributed by atoms with Crippen molar-refractivity contribution < 1.29 is 19.0 Å². The maximum absolute atomic E-state index is 13.4. The average Bonchev–Trinajstić information content (AvgIpc) is 3.19. The molecule has 0 unspecified atom stereocenters. The number of amides is 1. The van der Waals surface area contributed by atoms with Crippen LogP contribution in [0.25, 0.3) is 6.08 Å².